The van der Waals surface area contributed by atoms with Gasteiger partial charge in [0.15, 0.2) is 5.65 Å². The van der Waals surface area contributed by atoms with Crippen LogP contribution in [0.3, 0.4) is 0 Å². The number of phenolic OH excluding ortho intramolecular Hbond substituents is 1. The maximum Gasteiger partial charge on any atom is 0.453 e. The monoisotopic (exact) mass is 465 g/mol. The minimum Gasteiger partial charge on any atom is -0.508 e. The van der Waals surface area contributed by atoms with Gasteiger partial charge < -0.3 is 15.3 Å². The van der Waals surface area contributed by atoms with Crippen LogP contribution < -0.4 is 10.2 Å². The Labute approximate surface area is 184 Å². The molecule has 0 bridgehead atoms. The number of rotatable bonds is 5. The number of hydrogen-bond donors (Lipinski definition) is 2. The van der Waals surface area contributed by atoms with Gasteiger partial charge >= 0.3 is 6.18 Å². The number of hydrogen-bond acceptors (Lipinski definition) is 8. The van der Waals surface area contributed by atoms with Gasteiger partial charge in [0.25, 0.3) is 11.5 Å². The van der Waals surface area contributed by atoms with Gasteiger partial charge in [0.2, 0.25) is 5.91 Å². The summed E-state index contributed by atoms with van der Waals surface area (Å²) in [6, 6.07) is 6.51. The first-order valence-corrected chi connectivity index (χ1v) is 9.92. The quantitative estimate of drug-likeness (QED) is 0.432. The van der Waals surface area contributed by atoms with E-state index in [1.165, 1.54) is 24.3 Å². The first-order valence-electron chi connectivity index (χ1n) is 9.92. The largest absolute Gasteiger partial charge is 0.508 e. The molecule has 3 heterocycles. The van der Waals surface area contributed by atoms with Gasteiger partial charge in [-0.2, -0.15) is 17.7 Å². The van der Waals surface area contributed by atoms with E-state index in [9.17, 15) is 33.2 Å². The van der Waals surface area contributed by atoms with Gasteiger partial charge in [-0.1, -0.05) is 0 Å². The Morgan fingerprint density at radius 3 is 2.61 bits per heavy atom. The Morgan fingerprint density at radius 1 is 1.21 bits per heavy atom. The van der Waals surface area contributed by atoms with Crippen LogP contribution in [0.2, 0.25) is 0 Å². The number of fused-ring (bicyclic) bond motifs is 1. The molecule has 2 N–H and O–H groups in total. The number of nitrogens with one attached hydrogen (secondary N) is 1. The van der Waals surface area contributed by atoms with Crippen molar-refractivity contribution >= 4 is 23.1 Å². The summed E-state index contributed by atoms with van der Waals surface area (Å²) < 4.78 is 39.9. The Kier molecular flexibility index (Phi) is 5.74. The number of aromatic hydroxyl groups is 1. The smallest absolute Gasteiger partial charge is 0.453 e. The molecule has 2 aromatic heterocycles. The lowest BCUT2D eigenvalue weighted by Gasteiger charge is -2.32. The summed E-state index contributed by atoms with van der Waals surface area (Å²) in [5.41, 5.74) is 0.00300. The molecule has 0 radical (unpaired) electrons. The zero-order chi connectivity index (χ0) is 23.8. The normalized spacial score (nSPS) is 15.1. The molecule has 11 nitrogen and oxygen atoms in total. The summed E-state index contributed by atoms with van der Waals surface area (Å²) >= 11 is 0. The molecular formula is C19H18F3N7O4. The highest BCUT2D eigenvalue weighted by molar-refractivity contribution is 5.79. The number of nitrogens with zero attached hydrogens (tertiary/aromatic N) is 6. The molecule has 1 aromatic carbocycles. The van der Waals surface area contributed by atoms with Crippen molar-refractivity contribution in [3.8, 4) is 5.75 Å². The maximum atomic E-state index is 13.1. The van der Waals surface area contributed by atoms with Gasteiger partial charge in [-0.3, -0.25) is 14.9 Å². The second-order valence-corrected chi connectivity index (χ2v) is 7.53. The third-order valence-corrected chi connectivity index (χ3v) is 5.42. The van der Waals surface area contributed by atoms with Crippen LogP contribution in [-0.4, -0.2) is 48.8 Å². The molecule has 174 valence electrons. The Hall–Kier alpha value is -3.97. The molecule has 0 aliphatic carbocycles. The SMILES string of the molecule is O=C(NCc1cc([N+](=O)[O-])ccc1O)C1CCN(c2ccc3nnc(C(F)(F)F)n3n2)CC1. The lowest BCUT2D eigenvalue weighted by molar-refractivity contribution is -0.384. The third-order valence-electron chi connectivity index (χ3n) is 5.42. The number of amides is 1. The minimum absolute atomic E-state index is 0.0234. The average Bonchev–Trinajstić information content (AvgIpc) is 3.22. The second kappa shape index (κ2) is 8.52. The van der Waals surface area contributed by atoms with Crippen molar-refractivity contribution in [1.82, 2.24) is 25.1 Å². The van der Waals surface area contributed by atoms with Gasteiger partial charge in [-0.05, 0) is 31.0 Å². The standard InChI is InChI=1S/C19H18F3N7O4/c20-19(21,22)18-25-24-15-3-4-16(26-28(15)18)27-7-5-11(6-8-27)17(31)23-10-12-9-13(29(32)33)1-2-14(12)30/h1-4,9,11,30H,5-8,10H2,(H,23,31). The van der Waals surface area contributed by atoms with Crippen LogP contribution >= 0.6 is 0 Å². The second-order valence-electron chi connectivity index (χ2n) is 7.53. The minimum atomic E-state index is -4.69. The Balaban J connectivity index is 1.37. The van der Waals surface area contributed by atoms with Gasteiger partial charge in [-0.25, -0.2) is 0 Å². The van der Waals surface area contributed by atoms with Gasteiger partial charge in [0, 0.05) is 43.2 Å². The number of carbonyl (C=O) groups is 1. The number of carbonyl (C=O) groups excluding carboxylic acids is 1. The molecule has 33 heavy (non-hydrogen) atoms. The predicted octanol–water partition coefficient (Wildman–Crippen LogP) is 2.29. The van der Waals surface area contributed by atoms with E-state index in [1.54, 1.807) is 11.0 Å². The highest BCUT2D eigenvalue weighted by Crippen LogP contribution is 2.29. The van der Waals surface area contributed by atoms with Crippen LogP contribution in [0.4, 0.5) is 24.7 Å². The van der Waals surface area contributed by atoms with E-state index in [2.05, 4.69) is 20.6 Å². The molecule has 0 atom stereocenters. The average molecular weight is 465 g/mol. The lowest BCUT2D eigenvalue weighted by Crippen LogP contribution is -2.40. The Bertz CT molecular complexity index is 1210. The lowest BCUT2D eigenvalue weighted by atomic mass is 9.96. The summed E-state index contributed by atoms with van der Waals surface area (Å²) in [4.78, 5) is 24.6. The summed E-state index contributed by atoms with van der Waals surface area (Å²) in [6.07, 6.45) is -3.83. The van der Waals surface area contributed by atoms with Crippen LogP contribution in [0, 0.1) is 16.0 Å². The number of nitro groups is 1. The number of anilines is 1. The molecule has 4 rings (SSSR count). The number of aromatic nitrogens is 4. The molecule has 0 spiro atoms. The maximum absolute atomic E-state index is 13.1. The number of nitro benzene ring substituents is 1. The van der Waals surface area contributed by atoms with Gasteiger partial charge in [0.05, 0.1) is 4.92 Å². The van der Waals surface area contributed by atoms with Crippen molar-refractivity contribution in [1.29, 1.82) is 0 Å². The van der Waals surface area contributed by atoms with E-state index in [0.717, 1.165) is 0 Å². The highest BCUT2D eigenvalue weighted by atomic mass is 19.4. The van der Waals surface area contributed by atoms with Crippen molar-refractivity contribution in [2.75, 3.05) is 18.0 Å². The molecule has 14 heteroatoms. The van der Waals surface area contributed by atoms with Crippen molar-refractivity contribution in [3.63, 3.8) is 0 Å². The molecule has 0 unspecified atom stereocenters. The van der Waals surface area contributed by atoms with Crippen LogP contribution in [0.5, 0.6) is 5.75 Å². The Morgan fingerprint density at radius 2 is 1.94 bits per heavy atom. The topological polar surface area (TPSA) is 139 Å². The number of non-ortho nitro benzene ring substituents is 1. The van der Waals surface area contributed by atoms with Crippen LogP contribution in [0.25, 0.3) is 5.65 Å². The summed E-state index contributed by atoms with van der Waals surface area (Å²) in [5, 5.41) is 34.1. The highest BCUT2D eigenvalue weighted by Gasteiger charge is 2.38. The fourth-order valence-corrected chi connectivity index (χ4v) is 3.65. The molecule has 0 saturated carbocycles. The van der Waals surface area contributed by atoms with Crippen LogP contribution in [0.1, 0.15) is 24.2 Å². The van der Waals surface area contributed by atoms with Crippen molar-refractivity contribution < 1.29 is 28.0 Å². The van der Waals surface area contributed by atoms with E-state index >= 15 is 0 Å². The van der Waals surface area contributed by atoms with Crippen LogP contribution in [0.15, 0.2) is 30.3 Å². The summed E-state index contributed by atoms with van der Waals surface area (Å²) in [6.45, 7) is 0.711. The van der Waals surface area contributed by atoms with E-state index in [4.69, 9.17) is 0 Å². The van der Waals surface area contributed by atoms with Gasteiger partial charge in [0.1, 0.15) is 11.6 Å². The fourth-order valence-electron chi connectivity index (χ4n) is 3.65. The number of benzene rings is 1. The van der Waals surface area contributed by atoms with E-state index in [0.29, 0.717) is 36.3 Å². The number of phenols is 1. The van der Waals surface area contributed by atoms with Crippen molar-refractivity contribution in [2.24, 2.45) is 5.92 Å². The summed E-state index contributed by atoms with van der Waals surface area (Å²) in [5.74, 6) is -1.69. The molecule has 1 fully saturated rings. The van der Waals surface area contributed by atoms with E-state index in [1.807, 2.05) is 0 Å². The van der Waals surface area contributed by atoms with Crippen LogP contribution in [-0.2, 0) is 17.5 Å². The first kappa shape index (κ1) is 22.2. The van der Waals surface area contributed by atoms with Crippen molar-refractivity contribution in [3.05, 3.63) is 51.8 Å². The first-order chi connectivity index (χ1) is 15.6. The van der Waals surface area contributed by atoms with Gasteiger partial charge in [-0.15, -0.1) is 15.3 Å². The number of alkyl halides is 3. The molecule has 1 saturated heterocycles. The zero-order valence-electron chi connectivity index (χ0n) is 17.0. The molecule has 1 aliphatic heterocycles. The zero-order valence-corrected chi connectivity index (χ0v) is 17.0. The van der Waals surface area contributed by atoms with E-state index in [-0.39, 0.29) is 41.0 Å². The van der Waals surface area contributed by atoms with E-state index < -0.39 is 16.9 Å². The van der Waals surface area contributed by atoms with Crippen molar-refractivity contribution in [2.45, 2.75) is 25.6 Å². The number of piperidine rings is 1. The molecule has 3 aromatic rings. The third kappa shape index (κ3) is 4.63. The molecule has 1 aliphatic rings. The fraction of sp³-hybridized carbons (Fsp3) is 0.368. The summed E-state index contributed by atoms with van der Waals surface area (Å²) in [7, 11) is 0. The molecule has 1 amide bonds. The predicted molar refractivity (Wildman–Crippen MR) is 107 cm³/mol. The number of halogens is 3. The molecular weight excluding hydrogens is 447 g/mol.